The molecule has 0 saturated heterocycles. The number of methoxy groups -OCH3 is 2. The van der Waals surface area contributed by atoms with E-state index in [0.717, 1.165) is 0 Å². The van der Waals surface area contributed by atoms with Crippen molar-refractivity contribution < 1.29 is 38.4 Å². The lowest BCUT2D eigenvalue weighted by Crippen LogP contribution is -2.39. The van der Waals surface area contributed by atoms with Crippen LogP contribution in [0.5, 0.6) is 5.75 Å². The number of ether oxygens (including phenoxy) is 4. The average Bonchev–Trinajstić information content (AvgIpc) is 2.66. The number of carbonyl (C=O) groups excluding carboxylic acids is 2. The van der Waals surface area contributed by atoms with E-state index in [0.29, 0.717) is 12.4 Å². The van der Waals surface area contributed by atoms with Gasteiger partial charge >= 0.3 is 17.9 Å². The molecule has 0 spiro atoms. The highest BCUT2D eigenvalue weighted by atomic mass is 16.5. The fourth-order valence-electron chi connectivity index (χ4n) is 2.47. The van der Waals surface area contributed by atoms with Crippen molar-refractivity contribution in [1.29, 1.82) is 0 Å². The molecule has 0 atom stereocenters. The first-order chi connectivity index (χ1) is 12.4. The number of carboxylic acids is 1. The fraction of sp³-hybridized carbons (Fsp3) is 0.353. The minimum atomic E-state index is -1.15. The Kier molecular flexibility index (Phi) is 6.18. The molecule has 1 N–H and O–H groups in total. The summed E-state index contributed by atoms with van der Waals surface area (Å²) in [4.78, 5) is 37.0. The van der Waals surface area contributed by atoms with E-state index in [2.05, 4.69) is 0 Å². The van der Waals surface area contributed by atoms with Crippen molar-refractivity contribution in [3.05, 3.63) is 35.0 Å². The third-order valence-electron chi connectivity index (χ3n) is 3.63. The number of hydrogen-bond acceptors (Lipinski definition) is 8. The molecule has 9 nitrogen and oxygen atoms in total. The molecule has 0 unspecified atom stereocenters. The van der Waals surface area contributed by atoms with Crippen LogP contribution >= 0.6 is 0 Å². The quantitative estimate of drug-likeness (QED) is 0.743. The molecule has 0 aromatic heterocycles. The minimum Gasteiger partial charge on any atom is -0.492 e. The summed E-state index contributed by atoms with van der Waals surface area (Å²) in [5.74, 6) is -2.35. The van der Waals surface area contributed by atoms with Crippen LogP contribution in [0.15, 0.2) is 29.5 Å². The van der Waals surface area contributed by atoms with Gasteiger partial charge in [-0.3, -0.25) is 0 Å². The first-order valence-electron chi connectivity index (χ1n) is 7.69. The van der Waals surface area contributed by atoms with Crippen LogP contribution in [0.1, 0.15) is 17.3 Å². The monoisotopic (exact) mass is 365 g/mol. The van der Waals surface area contributed by atoms with Gasteiger partial charge in [0.05, 0.1) is 44.3 Å². The molecule has 1 heterocycles. The second kappa shape index (κ2) is 8.34. The number of carboxylic acid groups (broad SMARTS) is 1. The first kappa shape index (κ1) is 19.3. The number of nitrogens with zero attached hydrogens (tertiary/aromatic N) is 1. The number of hydrogen-bond donors (Lipinski definition) is 1. The van der Waals surface area contributed by atoms with Crippen LogP contribution in [0.2, 0.25) is 0 Å². The standard InChI is InChI=1S/C17H19NO8/c1-4-26-13-6-5-10(15(19)20)7-12(13)18-9-25-8-11(16(21)23-2)14(18)17(22)24-3/h5-7H,4,8-9H2,1-3H3,(H,19,20). The lowest BCUT2D eigenvalue weighted by atomic mass is 10.1. The molecule has 1 aromatic rings. The van der Waals surface area contributed by atoms with Crippen LogP contribution in [-0.4, -0.2) is 57.2 Å². The minimum absolute atomic E-state index is 0.0159. The molecular weight excluding hydrogens is 346 g/mol. The van der Waals surface area contributed by atoms with Gasteiger partial charge in [0.25, 0.3) is 0 Å². The van der Waals surface area contributed by atoms with Gasteiger partial charge in [0.15, 0.2) is 0 Å². The van der Waals surface area contributed by atoms with E-state index >= 15 is 0 Å². The van der Waals surface area contributed by atoms with Gasteiger partial charge < -0.3 is 29.0 Å². The maximum atomic E-state index is 12.3. The average molecular weight is 365 g/mol. The van der Waals surface area contributed by atoms with Gasteiger partial charge in [-0.25, -0.2) is 14.4 Å². The third kappa shape index (κ3) is 3.77. The molecule has 0 bridgehead atoms. The topological polar surface area (TPSA) is 112 Å². The highest BCUT2D eigenvalue weighted by Gasteiger charge is 2.34. The molecule has 0 radical (unpaired) electrons. The van der Waals surface area contributed by atoms with Crippen molar-refractivity contribution in [3.8, 4) is 5.75 Å². The Morgan fingerprint density at radius 3 is 2.46 bits per heavy atom. The van der Waals surface area contributed by atoms with Gasteiger partial charge in [0, 0.05) is 0 Å². The molecule has 1 aliphatic heterocycles. The second-order valence-corrected chi connectivity index (χ2v) is 5.14. The van der Waals surface area contributed by atoms with Crippen molar-refractivity contribution in [2.45, 2.75) is 6.92 Å². The van der Waals surface area contributed by atoms with Gasteiger partial charge in [0.1, 0.15) is 18.2 Å². The van der Waals surface area contributed by atoms with Crippen LogP contribution in [-0.2, 0) is 23.8 Å². The summed E-state index contributed by atoms with van der Waals surface area (Å²) in [6, 6.07) is 4.19. The van der Waals surface area contributed by atoms with Gasteiger partial charge in [-0.1, -0.05) is 0 Å². The molecule has 140 valence electrons. The molecule has 9 heteroatoms. The molecule has 0 amide bonds. The zero-order valence-corrected chi connectivity index (χ0v) is 14.6. The van der Waals surface area contributed by atoms with E-state index in [1.54, 1.807) is 6.92 Å². The first-order valence-corrected chi connectivity index (χ1v) is 7.69. The number of carbonyl (C=O) groups is 3. The lowest BCUT2D eigenvalue weighted by molar-refractivity contribution is -0.140. The maximum Gasteiger partial charge on any atom is 0.355 e. The highest BCUT2D eigenvalue weighted by Crippen LogP contribution is 2.35. The second-order valence-electron chi connectivity index (χ2n) is 5.14. The molecular formula is C17H19NO8. The number of anilines is 1. The summed E-state index contributed by atoms with van der Waals surface area (Å²) in [7, 11) is 2.36. The van der Waals surface area contributed by atoms with Crippen LogP contribution < -0.4 is 9.64 Å². The molecule has 2 rings (SSSR count). The predicted octanol–water partition coefficient (Wildman–Crippen LogP) is 1.18. The van der Waals surface area contributed by atoms with E-state index in [1.165, 1.54) is 37.3 Å². The smallest absolute Gasteiger partial charge is 0.355 e. The number of esters is 2. The van der Waals surface area contributed by atoms with Crippen molar-refractivity contribution in [2.75, 3.05) is 39.1 Å². The van der Waals surface area contributed by atoms with Crippen molar-refractivity contribution in [3.63, 3.8) is 0 Å². The molecule has 26 heavy (non-hydrogen) atoms. The van der Waals surface area contributed by atoms with E-state index in [4.69, 9.17) is 18.9 Å². The maximum absolute atomic E-state index is 12.3. The molecule has 1 aliphatic rings. The molecule has 0 aliphatic carbocycles. The van der Waals surface area contributed by atoms with Gasteiger partial charge in [0.2, 0.25) is 0 Å². The Morgan fingerprint density at radius 1 is 1.19 bits per heavy atom. The van der Waals surface area contributed by atoms with Crippen LogP contribution in [0, 0.1) is 0 Å². The van der Waals surface area contributed by atoms with Crippen LogP contribution in [0.4, 0.5) is 5.69 Å². The Hall–Kier alpha value is -3.07. The molecule has 0 saturated carbocycles. The summed E-state index contributed by atoms with van der Waals surface area (Å²) < 4.78 is 20.4. The van der Waals surface area contributed by atoms with Crippen LogP contribution in [0.3, 0.4) is 0 Å². The van der Waals surface area contributed by atoms with Crippen molar-refractivity contribution in [2.24, 2.45) is 0 Å². The van der Waals surface area contributed by atoms with Gasteiger partial charge in [-0.2, -0.15) is 0 Å². The van der Waals surface area contributed by atoms with Gasteiger partial charge in [-0.15, -0.1) is 0 Å². The normalized spacial score (nSPS) is 14.0. The number of benzene rings is 1. The van der Waals surface area contributed by atoms with E-state index in [-0.39, 0.29) is 35.9 Å². The summed E-state index contributed by atoms with van der Waals surface area (Å²) >= 11 is 0. The predicted molar refractivity (Wildman–Crippen MR) is 88.9 cm³/mol. The van der Waals surface area contributed by atoms with Crippen molar-refractivity contribution in [1.82, 2.24) is 0 Å². The van der Waals surface area contributed by atoms with Gasteiger partial charge in [-0.05, 0) is 25.1 Å². The fourth-order valence-corrected chi connectivity index (χ4v) is 2.47. The third-order valence-corrected chi connectivity index (χ3v) is 3.63. The number of aromatic carboxylic acids is 1. The van der Waals surface area contributed by atoms with E-state index < -0.39 is 17.9 Å². The van der Waals surface area contributed by atoms with Crippen LogP contribution in [0.25, 0.3) is 0 Å². The van der Waals surface area contributed by atoms with Crippen molar-refractivity contribution >= 4 is 23.6 Å². The Bertz CT molecular complexity index is 755. The molecule has 0 fully saturated rings. The summed E-state index contributed by atoms with van der Waals surface area (Å²) in [5.41, 5.74) is 0.119. The highest BCUT2D eigenvalue weighted by molar-refractivity contribution is 6.04. The Balaban J connectivity index is 2.66. The zero-order valence-electron chi connectivity index (χ0n) is 14.6. The zero-order chi connectivity index (χ0) is 19.3. The summed E-state index contributed by atoms with van der Waals surface area (Å²) in [5, 5.41) is 9.26. The Labute approximate surface area is 149 Å². The molecule has 1 aromatic carbocycles. The largest absolute Gasteiger partial charge is 0.492 e. The summed E-state index contributed by atoms with van der Waals surface area (Å²) in [6.45, 7) is 1.83. The van der Waals surface area contributed by atoms with E-state index in [1.807, 2.05) is 0 Å². The Morgan fingerprint density at radius 2 is 1.88 bits per heavy atom. The lowest BCUT2D eigenvalue weighted by Gasteiger charge is -2.32. The number of rotatable bonds is 6. The van der Waals surface area contributed by atoms with E-state index in [9.17, 15) is 19.5 Å². The SMILES string of the molecule is CCOc1ccc(C(=O)O)cc1N1COCC(C(=O)OC)=C1C(=O)OC. The summed E-state index contributed by atoms with van der Waals surface area (Å²) in [6.07, 6.45) is 0.